The van der Waals surface area contributed by atoms with Gasteiger partial charge in [0, 0.05) is 18.3 Å². The normalized spacial score (nSPS) is 15.4. The molecule has 4 heterocycles. The SMILES string of the molecule is CCCn1c(N)c(-c2csc(N3N=C(c4ccc(OC)cc4)CC3c3ccco3)n2)c(=O)[nH]c1=O. The van der Waals surface area contributed by atoms with Gasteiger partial charge in [0.2, 0.25) is 5.13 Å². The average molecular weight is 493 g/mol. The van der Waals surface area contributed by atoms with Gasteiger partial charge in [-0.05, 0) is 48.4 Å². The number of nitrogen functional groups attached to an aromatic ring is 1. The number of hydrogen-bond donors (Lipinski definition) is 2. The molecule has 11 heteroatoms. The van der Waals surface area contributed by atoms with Gasteiger partial charge in [0.1, 0.15) is 28.9 Å². The number of nitrogens with zero attached hydrogens (tertiary/aromatic N) is 4. The fourth-order valence-electron chi connectivity index (χ4n) is 4.11. The number of anilines is 2. The number of methoxy groups -OCH3 is 1. The highest BCUT2D eigenvalue weighted by Gasteiger charge is 2.34. The lowest BCUT2D eigenvalue weighted by atomic mass is 10.0. The zero-order chi connectivity index (χ0) is 24.5. The lowest BCUT2D eigenvalue weighted by molar-refractivity contribution is 0.415. The maximum absolute atomic E-state index is 12.6. The summed E-state index contributed by atoms with van der Waals surface area (Å²) in [6, 6.07) is 11.3. The molecule has 0 radical (unpaired) electrons. The van der Waals surface area contributed by atoms with E-state index >= 15 is 0 Å². The number of rotatable bonds is 7. The first-order chi connectivity index (χ1) is 17.0. The van der Waals surface area contributed by atoms with E-state index in [0.29, 0.717) is 30.2 Å². The molecule has 1 aliphatic heterocycles. The van der Waals surface area contributed by atoms with Gasteiger partial charge in [0.05, 0.1) is 24.8 Å². The van der Waals surface area contributed by atoms with Crippen LogP contribution in [0.2, 0.25) is 0 Å². The summed E-state index contributed by atoms with van der Waals surface area (Å²) in [5, 5.41) is 8.99. The van der Waals surface area contributed by atoms with E-state index in [9.17, 15) is 9.59 Å². The van der Waals surface area contributed by atoms with Crippen LogP contribution in [-0.4, -0.2) is 27.4 Å². The van der Waals surface area contributed by atoms with Gasteiger partial charge in [0.25, 0.3) is 5.56 Å². The molecule has 1 atom stereocenters. The topological polar surface area (TPSA) is 132 Å². The number of benzene rings is 1. The summed E-state index contributed by atoms with van der Waals surface area (Å²) in [7, 11) is 1.63. The molecule has 0 amide bonds. The molecule has 10 nitrogen and oxygen atoms in total. The van der Waals surface area contributed by atoms with Crippen LogP contribution in [-0.2, 0) is 6.54 Å². The number of nitrogens with one attached hydrogen (secondary N) is 1. The molecular formula is C24H24N6O4S. The molecule has 35 heavy (non-hydrogen) atoms. The summed E-state index contributed by atoms with van der Waals surface area (Å²) < 4.78 is 12.3. The van der Waals surface area contributed by atoms with E-state index in [2.05, 4.69) is 4.98 Å². The summed E-state index contributed by atoms with van der Waals surface area (Å²) in [6.45, 7) is 2.33. The van der Waals surface area contributed by atoms with Gasteiger partial charge in [-0.15, -0.1) is 11.3 Å². The van der Waals surface area contributed by atoms with Gasteiger partial charge in [-0.25, -0.2) is 14.8 Å². The fraction of sp³-hybridized carbons (Fsp3) is 0.250. The van der Waals surface area contributed by atoms with Crippen LogP contribution in [0.5, 0.6) is 5.75 Å². The molecule has 0 saturated carbocycles. The van der Waals surface area contributed by atoms with Gasteiger partial charge in [-0.2, -0.15) is 5.10 Å². The van der Waals surface area contributed by atoms with Crippen molar-refractivity contribution in [3.05, 3.63) is 80.2 Å². The molecule has 4 aromatic rings. The number of nitrogens with two attached hydrogens (primary N) is 1. The Hall–Kier alpha value is -4.12. The largest absolute Gasteiger partial charge is 0.497 e. The fourth-order valence-corrected chi connectivity index (χ4v) is 4.93. The van der Waals surface area contributed by atoms with Crippen molar-refractivity contribution in [3.63, 3.8) is 0 Å². The zero-order valence-corrected chi connectivity index (χ0v) is 20.0. The molecule has 3 N–H and O–H groups in total. The Morgan fingerprint density at radius 1 is 1.26 bits per heavy atom. The van der Waals surface area contributed by atoms with Crippen molar-refractivity contribution >= 4 is 28.0 Å². The van der Waals surface area contributed by atoms with Crippen LogP contribution < -0.4 is 26.7 Å². The molecule has 3 aromatic heterocycles. The lowest BCUT2D eigenvalue weighted by Gasteiger charge is -2.18. The van der Waals surface area contributed by atoms with Gasteiger partial charge in [-0.1, -0.05) is 6.92 Å². The minimum absolute atomic E-state index is 0.101. The summed E-state index contributed by atoms with van der Waals surface area (Å²) >= 11 is 1.34. The Morgan fingerprint density at radius 3 is 2.74 bits per heavy atom. The zero-order valence-electron chi connectivity index (χ0n) is 19.2. The molecule has 1 aliphatic rings. The van der Waals surface area contributed by atoms with Crippen molar-refractivity contribution in [1.29, 1.82) is 0 Å². The number of hydrogen-bond acceptors (Lipinski definition) is 9. The Labute approximate surface area is 204 Å². The number of H-pyrrole nitrogens is 1. The van der Waals surface area contributed by atoms with Gasteiger partial charge >= 0.3 is 5.69 Å². The van der Waals surface area contributed by atoms with Gasteiger partial charge in [-0.3, -0.25) is 14.3 Å². The van der Waals surface area contributed by atoms with Crippen molar-refractivity contribution in [1.82, 2.24) is 14.5 Å². The van der Waals surface area contributed by atoms with Crippen LogP contribution in [0, 0.1) is 0 Å². The molecule has 1 aromatic carbocycles. The van der Waals surface area contributed by atoms with Crippen molar-refractivity contribution in [2.24, 2.45) is 5.10 Å². The minimum Gasteiger partial charge on any atom is -0.497 e. The number of hydrazone groups is 1. The third-order valence-electron chi connectivity index (χ3n) is 5.84. The monoisotopic (exact) mass is 492 g/mol. The Morgan fingerprint density at radius 2 is 2.06 bits per heavy atom. The van der Waals surface area contributed by atoms with Crippen LogP contribution in [0.25, 0.3) is 11.3 Å². The summed E-state index contributed by atoms with van der Waals surface area (Å²) in [5.74, 6) is 1.62. The van der Waals surface area contributed by atoms with Gasteiger partial charge in [0.15, 0.2) is 0 Å². The van der Waals surface area contributed by atoms with E-state index in [4.69, 9.17) is 25.0 Å². The molecule has 0 fully saturated rings. The van der Waals surface area contributed by atoms with Crippen molar-refractivity contribution < 1.29 is 9.15 Å². The summed E-state index contributed by atoms with van der Waals surface area (Å²) in [5.41, 5.74) is 7.54. The van der Waals surface area contributed by atoms with E-state index in [0.717, 1.165) is 22.8 Å². The molecule has 0 spiro atoms. The van der Waals surface area contributed by atoms with Crippen molar-refractivity contribution in [2.75, 3.05) is 17.9 Å². The standard InChI is InChI=1S/C24H24N6O4S/c1-3-10-29-21(25)20(22(31)27-23(29)32)17-13-35-24(26-17)30-18(19-5-4-11-34-19)12-16(28-30)14-6-8-15(33-2)9-7-14/h4-9,11,13,18H,3,10,12,25H2,1-2H3,(H,27,31,32). The second-order valence-electron chi connectivity index (χ2n) is 8.04. The Balaban J connectivity index is 1.55. The van der Waals surface area contributed by atoms with E-state index in [-0.39, 0.29) is 17.4 Å². The minimum atomic E-state index is -0.567. The highest BCUT2D eigenvalue weighted by Crippen LogP contribution is 2.39. The Bertz CT molecular complexity index is 1480. The second kappa shape index (κ2) is 9.26. The highest BCUT2D eigenvalue weighted by atomic mass is 32.1. The maximum atomic E-state index is 12.6. The predicted octanol–water partition coefficient (Wildman–Crippen LogP) is 3.61. The molecule has 5 rings (SSSR count). The first-order valence-corrected chi connectivity index (χ1v) is 12.0. The molecular weight excluding hydrogens is 468 g/mol. The molecule has 180 valence electrons. The van der Waals surface area contributed by atoms with E-state index < -0.39 is 11.2 Å². The molecule has 0 saturated heterocycles. The third kappa shape index (κ3) is 4.14. The third-order valence-corrected chi connectivity index (χ3v) is 6.67. The van der Waals surface area contributed by atoms with E-state index in [1.165, 1.54) is 15.9 Å². The van der Waals surface area contributed by atoms with Crippen molar-refractivity contribution in [3.8, 4) is 17.0 Å². The first kappa shape index (κ1) is 22.7. The summed E-state index contributed by atoms with van der Waals surface area (Å²) in [6.07, 6.45) is 2.93. The first-order valence-electron chi connectivity index (χ1n) is 11.1. The van der Waals surface area contributed by atoms with E-state index in [1.807, 2.05) is 43.3 Å². The van der Waals surface area contributed by atoms with Crippen LogP contribution in [0.1, 0.15) is 37.1 Å². The quantitative estimate of drug-likeness (QED) is 0.403. The van der Waals surface area contributed by atoms with Crippen LogP contribution >= 0.6 is 11.3 Å². The van der Waals surface area contributed by atoms with E-state index in [1.54, 1.807) is 23.8 Å². The molecule has 0 bridgehead atoms. The Kier molecular flexibility index (Phi) is 6.00. The number of furan rings is 1. The number of aromatic amines is 1. The van der Waals surface area contributed by atoms with Crippen LogP contribution in [0.15, 0.2) is 67.1 Å². The maximum Gasteiger partial charge on any atom is 0.329 e. The second-order valence-corrected chi connectivity index (χ2v) is 8.88. The van der Waals surface area contributed by atoms with Gasteiger partial charge < -0.3 is 14.9 Å². The summed E-state index contributed by atoms with van der Waals surface area (Å²) in [4.78, 5) is 31.9. The lowest BCUT2D eigenvalue weighted by Crippen LogP contribution is -2.33. The average Bonchev–Trinajstić information content (AvgIpc) is 3.62. The van der Waals surface area contributed by atoms with Crippen LogP contribution in [0.3, 0.4) is 0 Å². The number of aromatic nitrogens is 3. The molecule has 1 unspecified atom stereocenters. The van der Waals surface area contributed by atoms with Crippen LogP contribution in [0.4, 0.5) is 10.9 Å². The van der Waals surface area contributed by atoms with Crippen molar-refractivity contribution in [2.45, 2.75) is 32.4 Å². The predicted molar refractivity (Wildman–Crippen MR) is 135 cm³/mol. The number of ether oxygens (including phenoxy) is 1. The smallest absolute Gasteiger partial charge is 0.329 e. The number of thiazole rings is 1. The molecule has 0 aliphatic carbocycles. The highest BCUT2D eigenvalue weighted by molar-refractivity contribution is 7.14.